The van der Waals surface area contributed by atoms with E-state index in [0.29, 0.717) is 10.8 Å². The number of anilines is 3. The van der Waals surface area contributed by atoms with Crippen molar-refractivity contribution in [3.63, 3.8) is 0 Å². The van der Waals surface area contributed by atoms with Crippen LogP contribution in [0.25, 0.3) is 10.2 Å². The van der Waals surface area contributed by atoms with Crippen LogP contribution in [-0.4, -0.2) is 9.97 Å². The molecule has 0 fully saturated rings. The van der Waals surface area contributed by atoms with Gasteiger partial charge in [-0.25, -0.2) is 4.98 Å². The van der Waals surface area contributed by atoms with Crippen LogP contribution in [0.2, 0.25) is 5.02 Å². The average Bonchev–Trinajstić information content (AvgIpc) is 2.80. The summed E-state index contributed by atoms with van der Waals surface area (Å²) in [6.07, 6.45) is 0. The highest BCUT2D eigenvalue weighted by Crippen LogP contribution is 2.30. The number of aromatic nitrogens is 2. The van der Waals surface area contributed by atoms with Gasteiger partial charge in [0.15, 0.2) is 0 Å². The van der Waals surface area contributed by atoms with E-state index < -0.39 is 0 Å². The Kier molecular flexibility index (Phi) is 2.77. The Bertz CT molecular complexity index is 710. The van der Waals surface area contributed by atoms with E-state index in [9.17, 15) is 0 Å². The van der Waals surface area contributed by atoms with Crippen molar-refractivity contribution in [1.29, 1.82) is 0 Å². The smallest absolute Gasteiger partial charge is 0.223 e. The average molecular weight is 277 g/mol. The van der Waals surface area contributed by atoms with Crippen LogP contribution in [0.4, 0.5) is 17.5 Å². The van der Waals surface area contributed by atoms with Crippen molar-refractivity contribution in [2.24, 2.45) is 0 Å². The van der Waals surface area contributed by atoms with Crippen molar-refractivity contribution >= 4 is 50.6 Å². The van der Waals surface area contributed by atoms with Crippen molar-refractivity contribution in [3.05, 3.63) is 40.7 Å². The summed E-state index contributed by atoms with van der Waals surface area (Å²) >= 11 is 7.63. The number of hydrogen-bond donors (Lipinski definition) is 2. The summed E-state index contributed by atoms with van der Waals surface area (Å²) in [7, 11) is 0. The molecule has 6 heteroatoms. The SMILES string of the molecule is Nc1nc(Nc2ccccc2Cl)c2ccsc2n1. The molecule has 0 bridgehead atoms. The third-order valence-electron chi connectivity index (χ3n) is 2.47. The van der Waals surface area contributed by atoms with Gasteiger partial charge in [0, 0.05) is 0 Å². The molecule has 0 saturated carbocycles. The molecule has 3 aromatic rings. The minimum Gasteiger partial charge on any atom is -0.368 e. The molecule has 0 spiro atoms. The molecule has 3 N–H and O–H groups in total. The lowest BCUT2D eigenvalue weighted by Crippen LogP contribution is -2.00. The van der Waals surface area contributed by atoms with E-state index in [-0.39, 0.29) is 5.95 Å². The van der Waals surface area contributed by atoms with Gasteiger partial charge in [-0.05, 0) is 23.6 Å². The summed E-state index contributed by atoms with van der Waals surface area (Å²) in [6.45, 7) is 0. The lowest BCUT2D eigenvalue weighted by atomic mass is 10.3. The summed E-state index contributed by atoms with van der Waals surface area (Å²) in [4.78, 5) is 9.24. The van der Waals surface area contributed by atoms with E-state index in [4.69, 9.17) is 17.3 Å². The Morgan fingerprint density at radius 1 is 1.17 bits per heavy atom. The standard InChI is InChI=1S/C12H9ClN4S/c13-8-3-1-2-4-9(8)15-10-7-5-6-18-11(7)17-12(14)16-10/h1-6H,(H3,14,15,16,17). The first-order chi connectivity index (χ1) is 8.74. The molecule has 2 heterocycles. The molecule has 0 amide bonds. The maximum Gasteiger partial charge on any atom is 0.223 e. The first-order valence-electron chi connectivity index (χ1n) is 5.26. The molecule has 0 aliphatic heterocycles. The molecule has 4 nitrogen and oxygen atoms in total. The molecular weight excluding hydrogens is 268 g/mol. The van der Waals surface area contributed by atoms with Gasteiger partial charge in [0.2, 0.25) is 5.95 Å². The van der Waals surface area contributed by atoms with Gasteiger partial charge >= 0.3 is 0 Å². The van der Waals surface area contributed by atoms with E-state index >= 15 is 0 Å². The topological polar surface area (TPSA) is 63.8 Å². The Labute approximate surface area is 112 Å². The van der Waals surface area contributed by atoms with Gasteiger partial charge in [-0.1, -0.05) is 23.7 Å². The number of thiophene rings is 1. The van der Waals surface area contributed by atoms with Crippen LogP contribution in [0.15, 0.2) is 35.7 Å². The maximum atomic E-state index is 6.10. The molecule has 90 valence electrons. The zero-order valence-electron chi connectivity index (χ0n) is 9.22. The highest BCUT2D eigenvalue weighted by atomic mass is 35.5. The van der Waals surface area contributed by atoms with Crippen LogP contribution in [0.5, 0.6) is 0 Å². The largest absolute Gasteiger partial charge is 0.368 e. The number of benzene rings is 1. The molecule has 0 atom stereocenters. The fourth-order valence-corrected chi connectivity index (χ4v) is 2.61. The molecule has 3 rings (SSSR count). The summed E-state index contributed by atoms with van der Waals surface area (Å²) < 4.78 is 0. The van der Waals surface area contributed by atoms with Crippen molar-refractivity contribution in [2.45, 2.75) is 0 Å². The number of fused-ring (bicyclic) bond motifs is 1. The first kappa shape index (κ1) is 11.3. The van der Waals surface area contributed by atoms with E-state index in [0.717, 1.165) is 15.9 Å². The van der Waals surface area contributed by atoms with Crippen LogP contribution in [0.1, 0.15) is 0 Å². The Hall–Kier alpha value is -1.85. The van der Waals surface area contributed by atoms with Gasteiger partial charge in [0.05, 0.1) is 16.1 Å². The Balaban J connectivity index is 2.10. The fourth-order valence-electron chi connectivity index (χ4n) is 1.66. The predicted molar refractivity (Wildman–Crippen MR) is 76.6 cm³/mol. The monoisotopic (exact) mass is 276 g/mol. The second-order valence-electron chi connectivity index (χ2n) is 3.67. The molecule has 1 aromatic carbocycles. The van der Waals surface area contributed by atoms with E-state index in [1.807, 2.05) is 35.7 Å². The van der Waals surface area contributed by atoms with Gasteiger partial charge in [-0.15, -0.1) is 11.3 Å². The lowest BCUT2D eigenvalue weighted by molar-refractivity contribution is 1.24. The number of nitrogen functional groups attached to an aromatic ring is 1. The minimum atomic E-state index is 0.250. The van der Waals surface area contributed by atoms with Gasteiger partial charge in [0.25, 0.3) is 0 Å². The molecule has 2 aromatic heterocycles. The van der Waals surface area contributed by atoms with Crippen LogP contribution in [0.3, 0.4) is 0 Å². The molecule has 0 radical (unpaired) electrons. The quantitative estimate of drug-likeness (QED) is 0.749. The van der Waals surface area contributed by atoms with Gasteiger partial charge in [0.1, 0.15) is 10.6 Å². The molecule has 0 saturated heterocycles. The molecule has 18 heavy (non-hydrogen) atoms. The number of rotatable bonds is 2. The normalized spacial score (nSPS) is 10.7. The molecule has 0 aliphatic carbocycles. The second kappa shape index (κ2) is 4.44. The predicted octanol–water partition coefficient (Wildman–Crippen LogP) is 3.67. The summed E-state index contributed by atoms with van der Waals surface area (Å²) in [6, 6.07) is 9.45. The first-order valence-corrected chi connectivity index (χ1v) is 6.52. The van der Waals surface area contributed by atoms with Gasteiger partial charge < -0.3 is 11.1 Å². The number of hydrogen-bond acceptors (Lipinski definition) is 5. The van der Waals surface area contributed by atoms with Crippen molar-refractivity contribution in [3.8, 4) is 0 Å². The number of nitrogens with one attached hydrogen (secondary N) is 1. The van der Waals surface area contributed by atoms with Crippen molar-refractivity contribution < 1.29 is 0 Å². The van der Waals surface area contributed by atoms with Crippen molar-refractivity contribution in [2.75, 3.05) is 11.1 Å². The number of nitrogens with two attached hydrogens (primary N) is 1. The highest BCUT2D eigenvalue weighted by Gasteiger charge is 2.08. The molecular formula is C12H9ClN4S. The zero-order chi connectivity index (χ0) is 12.5. The van der Waals surface area contributed by atoms with E-state index in [2.05, 4.69) is 15.3 Å². The van der Waals surface area contributed by atoms with Crippen molar-refractivity contribution in [1.82, 2.24) is 9.97 Å². The lowest BCUT2D eigenvalue weighted by Gasteiger charge is -2.08. The molecule has 0 aliphatic rings. The molecule has 0 unspecified atom stereocenters. The van der Waals surface area contributed by atoms with Gasteiger partial charge in [-0.2, -0.15) is 4.98 Å². The third kappa shape index (κ3) is 1.98. The summed E-state index contributed by atoms with van der Waals surface area (Å²) in [5, 5.41) is 6.72. The summed E-state index contributed by atoms with van der Waals surface area (Å²) in [5.41, 5.74) is 6.48. The Morgan fingerprint density at radius 2 is 2.00 bits per heavy atom. The number of nitrogens with zero attached hydrogens (tertiary/aromatic N) is 2. The van der Waals surface area contributed by atoms with Crippen LogP contribution >= 0.6 is 22.9 Å². The maximum absolute atomic E-state index is 6.10. The van der Waals surface area contributed by atoms with Crippen LogP contribution < -0.4 is 11.1 Å². The van der Waals surface area contributed by atoms with Crippen LogP contribution in [-0.2, 0) is 0 Å². The highest BCUT2D eigenvalue weighted by molar-refractivity contribution is 7.16. The van der Waals surface area contributed by atoms with Crippen LogP contribution in [0, 0.1) is 0 Å². The Morgan fingerprint density at radius 3 is 2.83 bits per heavy atom. The van der Waals surface area contributed by atoms with E-state index in [1.54, 1.807) is 0 Å². The zero-order valence-corrected chi connectivity index (χ0v) is 10.8. The number of para-hydroxylation sites is 1. The summed E-state index contributed by atoms with van der Waals surface area (Å²) in [5.74, 6) is 0.923. The van der Waals surface area contributed by atoms with Gasteiger partial charge in [-0.3, -0.25) is 0 Å². The third-order valence-corrected chi connectivity index (χ3v) is 3.61. The second-order valence-corrected chi connectivity index (χ2v) is 4.98. The minimum absolute atomic E-state index is 0.250. The van der Waals surface area contributed by atoms with E-state index in [1.165, 1.54) is 11.3 Å². The number of halogens is 1. The fraction of sp³-hybridized carbons (Fsp3) is 0.